The van der Waals surface area contributed by atoms with Crippen LogP contribution in [-0.4, -0.2) is 52.8 Å². The molecule has 0 saturated carbocycles. The van der Waals surface area contributed by atoms with Crippen molar-refractivity contribution in [2.75, 3.05) is 26.2 Å². The molecule has 1 N–H and O–H groups in total. The number of ether oxygens (including phenoxy) is 1. The van der Waals surface area contributed by atoms with Crippen molar-refractivity contribution >= 4 is 0 Å². The van der Waals surface area contributed by atoms with Crippen LogP contribution < -0.4 is 5.32 Å². The molecule has 0 bridgehead atoms. The Kier molecular flexibility index (Phi) is 4.93. The molecule has 5 nitrogen and oxygen atoms in total. The minimum absolute atomic E-state index is 0.193. The molecule has 1 aromatic heterocycles. The molecular formula is C16H28N4O. The number of hydrogen-bond donors (Lipinski definition) is 1. The monoisotopic (exact) mass is 292 g/mol. The molecule has 1 aromatic rings. The summed E-state index contributed by atoms with van der Waals surface area (Å²) in [5, 5.41) is 3.60. The summed E-state index contributed by atoms with van der Waals surface area (Å²) in [6.07, 6.45) is 7.95. The molecule has 0 radical (unpaired) electrons. The number of rotatable bonds is 6. The maximum Gasteiger partial charge on any atom is 0.128 e. The molecule has 0 aromatic carbocycles. The third-order valence-electron chi connectivity index (χ3n) is 4.70. The van der Waals surface area contributed by atoms with Crippen molar-refractivity contribution in [2.24, 2.45) is 0 Å². The SMILES string of the molecule is CCCn1ccnc1C(NCC)C1CN2CCCC2CO1. The summed E-state index contributed by atoms with van der Waals surface area (Å²) in [6.45, 7) is 9.46. The van der Waals surface area contributed by atoms with E-state index in [-0.39, 0.29) is 12.1 Å². The number of nitrogens with one attached hydrogen (secondary N) is 1. The number of morpholine rings is 1. The Labute approximate surface area is 127 Å². The number of hydrogen-bond acceptors (Lipinski definition) is 4. The van der Waals surface area contributed by atoms with Crippen LogP contribution in [0.2, 0.25) is 0 Å². The first-order valence-corrected chi connectivity index (χ1v) is 8.43. The summed E-state index contributed by atoms with van der Waals surface area (Å²) < 4.78 is 8.48. The lowest BCUT2D eigenvalue weighted by molar-refractivity contribution is -0.0667. The van der Waals surface area contributed by atoms with Crippen molar-refractivity contribution in [3.63, 3.8) is 0 Å². The molecule has 2 aliphatic rings. The van der Waals surface area contributed by atoms with Gasteiger partial charge in [0, 0.05) is 31.5 Å². The van der Waals surface area contributed by atoms with Crippen LogP contribution in [0.15, 0.2) is 12.4 Å². The van der Waals surface area contributed by atoms with E-state index in [0.717, 1.165) is 38.5 Å². The number of imidazole rings is 1. The first kappa shape index (κ1) is 15.0. The predicted octanol–water partition coefficient (Wildman–Crippen LogP) is 1.81. The molecule has 0 spiro atoms. The molecule has 0 amide bonds. The second kappa shape index (κ2) is 6.90. The van der Waals surface area contributed by atoms with Crippen molar-refractivity contribution < 1.29 is 4.74 Å². The second-order valence-electron chi connectivity index (χ2n) is 6.18. The Hall–Kier alpha value is -0.910. The summed E-state index contributed by atoms with van der Waals surface area (Å²) in [6, 6.07) is 0.844. The lowest BCUT2D eigenvalue weighted by Crippen LogP contribution is -2.51. The first-order chi connectivity index (χ1) is 10.3. The zero-order valence-electron chi connectivity index (χ0n) is 13.3. The third kappa shape index (κ3) is 3.15. The fourth-order valence-electron chi connectivity index (χ4n) is 3.68. The van der Waals surface area contributed by atoms with E-state index in [9.17, 15) is 0 Å². The lowest BCUT2D eigenvalue weighted by atomic mass is 10.1. The van der Waals surface area contributed by atoms with Gasteiger partial charge in [-0.2, -0.15) is 0 Å². The molecular weight excluding hydrogens is 264 g/mol. The molecule has 21 heavy (non-hydrogen) atoms. The minimum atomic E-state index is 0.193. The fraction of sp³-hybridized carbons (Fsp3) is 0.812. The normalized spacial score (nSPS) is 27.7. The van der Waals surface area contributed by atoms with E-state index >= 15 is 0 Å². The highest BCUT2D eigenvalue weighted by Gasteiger charge is 2.37. The summed E-state index contributed by atoms with van der Waals surface area (Å²) >= 11 is 0. The van der Waals surface area contributed by atoms with Crippen molar-refractivity contribution in [1.82, 2.24) is 19.8 Å². The van der Waals surface area contributed by atoms with Gasteiger partial charge in [-0.1, -0.05) is 13.8 Å². The van der Waals surface area contributed by atoms with E-state index < -0.39 is 0 Å². The van der Waals surface area contributed by atoms with Crippen LogP contribution in [0.25, 0.3) is 0 Å². The Morgan fingerprint density at radius 1 is 1.48 bits per heavy atom. The molecule has 3 heterocycles. The van der Waals surface area contributed by atoms with Gasteiger partial charge in [-0.3, -0.25) is 4.90 Å². The summed E-state index contributed by atoms with van der Waals surface area (Å²) in [5.41, 5.74) is 0. The summed E-state index contributed by atoms with van der Waals surface area (Å²) in [4.78, 5) is 7.22. The average molecular weight is 292 g/mol. The van der Waals surface area contributed by atoms with Crippen LogP contribution in [0.3, 0.4) is 0 Å². The van der Waals surface area contributed by atoms with E-state index in [1.165, 1.54) is 19.4 Å². The van der Waals surface area contributed by atoms with Crippen molar-refractivity contribution in [1.29, 1.82) is 0 Å². The predicted molar refractivity (Wildman–Crippen MR) is 83.3 cm³/mol. The van der Waals surface area contributed by atoms with Crippen LogP contribution in [0.5, 0.6) is 0 Å². The number of aryl methyl sites for hydroxylation is 1. The average Bonchev–Trinajstić information content (AvgIpc) is 3.13. The van der Waals surface area contributed by atoms with Gasteiger partial charge in [0.05, 0.1) is 18.8 Å². The molecule has 5 heteroatoms. The largest absolute Gasteiger partial charge is 0.373 e. The smallest absolute Gasteiger partial charge is 0.128 e. The van der Waals surface area contributed by atoms with Gasteiger partial charge >= 0.3 is 0 Å². The van der Waals surface area contributed by atoms with Crippen LogP contribution in [-0.2, 0) is 11.3 Å². The first-order valence-electron chi connectivity index (χ1n) is 8.43. The molecule has 118 valence electrons. The number of aromatic nitrogens is 2. The molecule has 2 aliphatic heterocycles. The van der Waals surface area contributed by atoms with Crippen LogP contribution in [0, 0.1) is 0 Å². The molecule has 2 fully saturated rings. The molecule has 0 aliphatic carbocycles. The van der Waals surface area contributed by atoms with Gasteiger partial charge in [0.1, 0.15) is 5.82 Å². The molecule has 3 unspecified atom stereocenters. The zero-order valence-corrected chi connectivity index (χ0v) is 13.3. The Morgan fingerprint density at radius 3 is 3.19 bits per heavy atom. The van der Waals surface area contributed by atoms with E-state index in [0.29, 0.717) is 6.04 Å². The van der Waals surface area contributed by atoms with Crippen molar-refractivity contribution in [2.45, 2.75) is 57.8 Å². The third-order valence-corrected chi connectivity index (χ3v) is 4.70. The van der Waals surface area contributed by atoms with Crippen molar-refractivity contribution in [3.05, 3.63) is 18.2 Å². The summed E-state index contributed by atoms with van der Waals surface area (Å²) in [7, 11) is 0. The van der Waals surface area contributed by atoms with E-state index in [4.69, 9.17) is 4.74 Å². The van der Waals surface area contributed by atoms with E-state index in [2.05, 4.69) is 39.8 Å². The standard InChI is InChI=1S/C16H28N4O/c1-3-8-19-10-7-18-16(19)15(17-4-2)14-11-20-9-5-6-13(20)12-21-14/h7,10,13-15,17H,3-6,8-9,11-12H2,1-2H3. The highest BCUT2D eigenvalue weighted by molar-refractivity contribution is 5.04. The van der Waals surface area contributed by atoms with Gasteiger partial charge in [0.2, 0.25) is 0 Å². The zero-order chi connectivity index (χ0) is 14.7. The quantitative estimate of drug-likeness (QED) is 0.868. The van der Waals surface area contributed by atoms with Gasteiger partial charge < -0.3 is 14.6 Å². The molecule has 2 saturated heterocycles. The molecule has 3 atom stereocenters. The number of fused-ring (bicyclic) bond motifs is 1. The van der Waals surface area contributed by atoms with Gasteiger partial charge in [0.15, 0.2) is 0 Å². The second-order valence-corrected chi connectivity index (χ2v) is 6.18. The van der Waals surface area contributed by atoms with E-state index in [1.54, 1.807) is 0 Å². The van der Waals surface area contributed by atoms with Crippen LogP contribution in [0.1, 0.15) is 45.0 Å². The molecule has 3 rings (SSSR count). The van der Waals surface area contributed by atoms with Gasteiger partial charge in [-0.05, 0) is 32.4 Å². The maximum absolute atomic E-state index is 6.21. The van der Waals surface area contributed by atoms with Gasteiger partial charge in [-0.25, -0.2) is 4.98 Å². The highest BCUT2D eigenvalue weighted by atomic mass is 16.5. The lowest BCUT2D eigenvalue weighted by Gasteiger charge is -2.39. The van der Waals surface area contributed by atoms with Gasteiger partial charge in [0.25, 0.3) is 0 Å². The number of nitrogens with zero attached hydrogens (tertiary/aromatic N) is 3. The number of likely N-dealkylation sites (N-methyl/N-ethyl adjacent to an activating group) is 1. The summed E-state index contributed by atoms with van der Waals surface area (Å²) in [5.74, 6) is 1.13. The van der Waals surface area contributed by atoms with Crippen molar-refractivity contribution in [3.8, 4) is 0 Å². The minimum Gasteiger partial charge on any atom is -0.373 e. The Bertz CT molecular complexity index is 447. The fourth-order valence-corrected chi connectivity index (χ4v) is 3.68. The van der Waals surface area contributed by atoms with Gasteiger partial charge in [-0.15, -0.1) is 0 Å². The van der Waals surface area contributed by atoms with Crippen LogP contribution in [0.4, 0.5) is 0 Å². The topological polar surface area (TPSA) is 42.3 Å². The van der Waals surface area contributed by atoms with Crippen LogP contribution >= 0.6 is 0 Å². The van der Waals surface area contributed by atoms with E-state index in [1.807, 2.05) is 6.20 Å². The maximum atomic E-state index is 6.21. The Morgan fingerprint density at radius 2 is 2.38 bits per heavy atom. The highest BCUT2D eigenvalue weighted by Crippen LogP contribution is 2.28. The Balaban J connectivity index is 1.75.